The highest BCUT2D eigenvalue weighted by Gasteiger charge is 2.35. The summed E-state index contributed by atoms with van der Waals surface area (Å²) in [6.45, 7) is 10.9. The van der Waals surface area contributed by atoms with Crippen LogP contribution in [0.5, 0.6) is 0 Å². The summed E-state index contributed by atoms with van der Waals surface area (Å²) in [4.78, 5) is 2.47. The van der Waals surface area contributed by atoms with Crippen LogP contribution in [0.25, 0.3) is 0 Å². The van der Waals surface area contributed by atoms with Gasteiger partial charge < -0.3 is 5.32 Å². The zero-order valence-corrected chi connectivity index (χ0v) is 14.3. The van der Waals surface area contributed by atoms with Crippen LogP contribution in [0.1, 0.15) is 47.0 Å². The zero-order chi connectivity index (χ0) is 15.1. The van der Waals surface area contributed by atoms with E-state index in [1.54, 1.807) is 0 Å². The summed E-state index contributed by atoms with van der Waals surface area (Å²) in [5.74, 6) is 0.281. The lowest BCUT2D eigenvalue weighted by Crippen LogP contribution is -2.58. The van der Waals surface area contributed by atoms with Crippen LogP contribution in [0.4, 0.5) is 0 Å². The van der Waals surface area contributed by atoms with Gasteiger partial charge in [-0.05, 0) is 46.3 Å². The van der Waals surface area contributed by atoms with Crippen LogP contribution in [0.3, 0.4) is 0 Å². The summed E-state index contributed by atoms with van der Waals surface area (Å²) >= 11 is 0. The van der Waals surface area contributed by atoms with Crippen LogP contribution in [0.15, 0.2) is 0 Å². The van der Waals surface area contributed by atoms with E-state index in [0.717, 1.165) is 32.4 Å². The molecular weight excluding hydrogens is 260 g/mol. The second-order valence-electron chi connectivity index (χ2n) is 5.50. The molecule has 116 valence electrons. The molecule has 2 unspecified atom stereocenters. The quantitative estimate of drug-likeness (QED) is 0.668. The number of sulfone groups is 1. The van der Waals surface area contributed by atoms with Crippen LogP contribution in [-0.4, -0.2) is 57.0 Å². The predicted molar refractivity (Wildman–Crippen MR) is 83.4 cm³/mol. The lowest BCUT2D eigenvalue weighted by molar-refractivity contribution is 0.0695. The van der Waals surface area contributed by atoms with Gasteiger partial charge in [0, 0.05) is 23.6 Å². The minimum atomic E-state index is -2.85. The Hall–Kier alpha value is -0.130. The van der Waals surface area contributed by atoms with Crippen molar-refractivity contribution in [2.45, 2.75) is 58.5 Å². The van der Waals surface area contributed by atoms with Crippen molar-refractivity contribution < 1.29 is 8.42 Å². The van der Waals surface area contributed by atoms with E-state index in [0.29, 0.717) is 6.04 Å². The molecule has 0 bridgehead atoms. The van der Waals surface area contributed by atoms with Crippen LogP contribution in [0.2, 0.25) is 0 Å². The molecule has 0 fully saturated rings. The molecule has 0 aliphatic rings. The Kier molecular flexibility index (Phi) is 8.17. The third-order valence-corrected chi connectivity index (χ3v) is 5.34. The average molecular weight is 292 g/mol. The number of rotatable bonds is 10. The Labute approximate surface area is 119 Å². The fourth-order valence-corrected chi connectivity index (χ4v) is 3.64. The van der Waals surface area contributed by atoms with Gasteiger partial charge in [0.05, 0.1) is 0 Å². The number of hydrogen-bond acceptors (Lipinski definition) is 4. The first-order valence-electron chi connectivity index (χ1n) is 7.35. The summed E-state index contributed by atoms with van der Waals surface area (Å²) in [5.41, 5.74) is 0.0791. The lowest BCUT2D eigenvalue weighted by Gasteiger charge is -2.46. The fourth-order valence-electron chi connectivity index (χ4n) is 2.95. The van der Waals surface area contributed by atoms with Crippen molar-refractivity contribution in [3.05, 3.63) is 0 Å². The van der Waals surface area contributed by atoms with Gasteiger partial charge in [-0.25, -0.2) is 8.42 Å². The standard InChI is InChI=1S/C14H32N2O2S/c1-7-14(4,16(8-2)9-3)13(15-5)11-10-12-19(6,17)18/h13,15H,7-12H2,1-6H3. The smallest absolute Gasteiger partial charge is 0.147 e. The van der Waals surface area contributed by atoms with Crippen molar-refractivity contribution in [2.24, 2.45) is 0 Å². The van der Waals surface area contributed by atoms with Gasteiger partial charge in [0.25, 0.3) is 0 Å². The molecule has 0 radical (unpaired) electrons. The van der Waals surface area contributed by atoms with E-state index in [1.807, 2.05) is 7.05 Å². The molecule has 0 spiro atoms. The average Bonchev–Trinajstić information content (AvgIpc) is 2.34. The molecule has 0 rings (SSSR count). The fraction of sp³-hybridized carbons (Fsp3) is 1.00. The SMILES string of the molecule is CCN(CC)C(C)(CC)C(CCCS(C)(=O)=O)NC. The topological polar surface area (TPSA) is 49.4 Å². The van der Waals surface area contributed by atoms with Gasteiger partial charge in [-0.15, -0.1) is 0 Å². The Morgan fingerprint density at radius 1 is 1.21 bits per heavy atom. The first kappa shape index (κ1) is 18.9. The van der Waals surface area contributed by atoms with Crippen LogP contribution >= 0.6 is 0 Å². The molecule has 4 nitrogen and oxygen atoms in total. The van der Waals surface area contributed by atoms with Gasteiger partial charge in [-0.1, -0.05) is 20.8 Å². The summed E-state index contributed by atoms with van der Waals surface area (Å²) < 4.78 is 22.5. The van der Waals surface area contributed by atoms with Crippen molar-refractivity contribution in [3.8, 4) is 0 Å². The first-order valence-corrected chi connectivity index (χ1v) is 9.41. The van der Waals surface area contributed by atoms with E-state index in [-0.39, 0.29) is 11.3 Å². The number of hydrogen-bond donors (Lipinski definition) is 1. The Balaban J connectivity index is 4.78. The molecule has 2 atom stereocenters. The molecule has 0 aromatic heterocycles. The highest BCUT2D eigenvalue weighted by molar-refractivity contribution is 7.90. The molecule has 0 amide bonds. The Morgan fingerprint density at radius 2 is 1.74 bits per heavy atom. The minimum absolute atomic E-state index is 0.0791. The van der Waals surface area contributed by atoms with E-state index in [9.17, 15) is 8.42 Å². The van der Waals surface area contributed by atoms with Gasteiger partial charge in [0.2, 0.25) is 0 Å². The maximum Gasteiger partial charge on any atom is 0.147 e. The largest absolute Gasteiger partial charge is 0.315 e. The molecule has 5 heteroatoms. The highest BCUT2D eigenvalue weighted by atomic mass is 32.2. The van der Waals surface area contributed by atoms with Gasteiger partial charge in [-0.2, -0.15) is 0 Å². The van der Waals surface area contributed by atoms with Crippen molar-refractivity contribution >= 4 is 9.84 Å². The molecule has 0 aromatic rings. The van der Waals surface area contributed by atoms with Crippen molar-refractivity contribution in [1.82, 2.24) is 10.2 Å². The van der Waals surface area contributed by atoms with E-state index in [1.165, 1.54) is 6.26 Å². The van der Waals surface area contributed by atoms with E-state index in [2.05, 4.69) is 37.9 Å². The molecule has 19 heavy (non-hydrogen) atoms. The first-order chi connectivity index (χ1) is 8.75. The third-order valence-electron chi connectivity index (χ3n) is 4.31. The zero-order valence-electron chi connectivity index (χ0n) is 13.5. The maximum absolute atomic E-state index is 11.2. The van der Waals surface area contributed by atoms with Crippen molar-refractivity contribution in [2.75, 3.05) is 32.1 Å². The minimum Gasteiger partial charge on any atom is -0.315 e. The van der Waals surface area contributed by atoms with E-state index in [4.69, 9.17) is 0 Å². The summed E-state index contributed by atoms with van der Waals surface area (Å²) in [5, 5.41) is 3.39. The number of nitrogens with one attached hydrogen (secondary N) is 1. The molecule has 0 saturated carbocycles. The predicted octanol–water partition coefficient (Wildman–Crippen LogP) is 1.91. The Morgan fingerprint density at radius 3 is 2.05 bits per heavy atom. The highest BCUT2D eigenvalue weighted by Crippen LogP contribution is 2.26. The second-order valence-corrected chi connectivity index (χ2v) is 7.76. The number of likely N-dealkylation sites (N-methyl/N-ethyl adjacent to an activating group) is 2. The van der Waals surface area contributed by atoms with Gasteiger partial charge in [-0.3, -0.25) is 4.90 Å². The summed E-state index contributed by atoms with van der Waals surface area (Å²) in [6, 6.07) is 0.319. The van der Waals surface area contributed by atoms with Crippen molar-refractivity contribution in [1.29, 1.82) is 0 Å². The molecule has 0 aliphatic heterocycles. The molecule has 0 heterocycles. The van der Waals surface area contributed by atoms with Crippen LogP contribution in [0, 0.1) is 0 Å². The van der Waals surface area contributed by atoms with Gasteiger partial charge in [0.15, 0.2) is 0 Å². The van der Waals surface area contributed by atoms with E-state index < -0.39 is 9.84 Å². The molecule has 1 N–H and O–H groups in total. The molecule has 0 aromatic carbocycles. The van der Waals surface area contributed by atoms with Gasteiger partial charge in [0.1, 0.15) is 9.84 Å². The normalized spacial score (nSPS) is 17.4. The van der Waals surface area contributed by atoms with E-state index >= 15 is 0 Å². The molecule has 0 aliphatic carbocycles. The van der Waals surface area contributed by atoms with Gasteiger partial charge >= 0.3 is 0 Å². The van der Waals surface area contributed by atoms with Crippen molar-refractivity contribution in [3.63, 3.8) is 0 Å². The summed E-state index contributed by atoms with van der Waals surface area (Å²) in [6.07, 6.45) is 3.98. The molecular formula is C14H32N2O2S. The second kappa shape index (κ2) is 8.22. The van der Waals surface area contributed by atoms with Crippen LogP contribution in [-0.2, 0) is 9.84 Å². The number of nitrogens with zero attached hydrogens (tertiary/aromatic N) is 1. The maximum atomic E-state index is 11.2. The van der Waals surface area contributed by atoms with Crippen LogP contribution < -0.4 is 5.32 Å². The third kappa shape index (κ3) is 5.79. The Bertz CT molecular complexity index is 339. The molecule has 0 saturated heterocycles. The monoisotopic (exact) mass is 292 g/mol. The summed E-state index contributed by atoms with van der Waals surface area (Å²) in [7, 11) is -0.878. The lowest BCUT2D eigenvalue weighted by atomic mass is 9.84.